The van der Waals surface area contributed by atoms with E-state index in [9.17, 15) is 5.11 Å². The standard InChI is InChI=1S/C18H31NO/c1-5-7-8-9-12-19-17(6-2)18(20)16-11-10-14(3)15(4)13-16/h10-11,13,17-20H,5-9,12H2,1-4H3. The van der Waals surface area contributed by atoms with Gasteiger partial charge in [0.25, 0.3) is 0 Å². The Morgan fingerprint density at radius 3 is 2.40 bits per heavy atom. The molecule has 0 spiro atoms. The fourth-order valence-electron chi connectivity index (χ4n) is 2.50. The van der Waals surface area contributed by atoms with Gasteiger partial charge in [-0.25, -0.2) is 0 Å². The van der Waals surface area contributed by atoms with Gasteiger partial charge in [-0.3, -0.25) is 0 Å². The van der Waals surface area contributed by atoms with Crippen LogP contribution in [0.15, 0.2) is 18.2 Å². The van der Waals surface area contributed by atoms with Crippen molar-refractivity contribution >= 4 is 0 Å². The summed E-state index contributed by atoms with van der Waals surface area (Å²) < 4.78 is 0. The Kier molecular flexibility index (Phi) is 7.86. The van der Waals surface area contributed by atoms with Crippen molar-refractivity contribution in [3.63, 3.8) is 0 Å². The van der Waals surface area contributed by atoms with Crippen molar-refractivity contribution in [3.8, 4) is 0 Å². The lowest BCUT2D eigenvalue weighted by Crippen LogP contribution is -2.35. The number of benzene rings is 1. The van der Waals surface area contributed by atoms with E-state index in [0.717, 1.165) is 18.5 Å². The molecular formula is C18H31NO. The molecule has 0 aromatic heterocycles. The van der Waals surface area contributed by atoms with E-state index in [-0.39, 0.29) is 6.04 Å². The zero-order chi connectivity index (χ0) is 15.0. The summed E-state index contributed by atoms with van der Waals surface area (Å²) in [5.41, 5.74) is 3.56. The number of aliphatic hydroxyl groups excluding tert-OH is 1. The Bertz CT molecular complexity index is 389. The summed E-state index contributed by atoms with van der Waals surface area (Å²) >= 11 is 0. The molecule has 0 saturated carbocycles. The van der Waals surface area contributed by atoms with E-state index in [4.69, 9.17) is 0 Å². The maximum atomic E-state index is 10.5. The zero-order valence-electron chi connectivity index (χ0n) is 13.6. The SMILES string of the molecule is CCCCCCNC(CC)C(O)c1ccc(C)c(C)c1. The van der Waals surface area contributed by atoms with Crippen LogP contribution >= 0.6 is 0 Å². The molecule has 0 fully saturated rings. The van der Waals surface area contributed by atoms with Gasteiger partial charge in [-0.1, -0.05) is 51.3 Å². The quantitative estimate of drug-likeness (QED) is 0.660. The molecule has 1 aromatic carbocycles. The van der Waals surface area contributed by atoms with Crippen molar-refractivity contribution in [2.24, 2.45) is 0 Å². The van der Waals surface area contributed by atoms with Crippen LogP contribution in [0.2, 0.25) is 0 Å². The van der Waals surface area contributed by atoms with Crippen molar-refractivity contribution in [3.05, 3.63) is 34.9 Å². The second kappa shape index (κ2) is 9.15. The molecule has 114 valence electrons. The molecular weight excluding hydrogens is 246 g/mol. The Hall–Kier alpha value is -0.860. The summed E-state index contributed by atoms with van der Waals surface area (Å²) in [6, 6.07) is 6.41. The minimum Gasteiger partial charge on any atom is -0.387 e. The van der Waals surface area contributed by atoms with Crippen molar-refractivity contribution in [1.82, 2.24) is 5.32 Å². The van der Waals surface area contributed by atoms with E-state index >= 15 is 0 Å². The highest BCUT2D eigenvalue weighted by molar-refractivity contribution is 5.31. The molecule has 0 aliphatic heterocycles. The Labute approximate surface area is 124 Å². The molecule has 2 nitrogen and oxygen atoms in total. The molecule has 0 radical (unpaired) electrons. The topological polar surface area (TPSA) is 32.3 Å². The van der Waals surface area contributed by atoms with Crippen molar-refractivity contribution in [2.45, 2.75) is 71.9 Å². The predicted octanol–water partition coefficient (Wildman–Crippen LogP) is 4.29. The summed E-state index contributed by atoms with van der Waals surface area (Å²) in [4.78, 5) is 0. The van der Waals surface area contributed by atoms with Crippen LogP contribution in [0.5, 0.6) is 0 Å². The molecule has 1 aromatic rings. The second-order valence-corrected chi connectivity index (χ2v) is 5.82. The highest BCUT2D eigenvalue weighted by Gasteiger charge is 2.18. The van der Waals surface area contributed by atoms with Crippen LogP contribution < -0.4 is 5.32 Å². The number of aliphatic hydroxyl groups is 1. The van der Waals surface area contributed by atoms with Crippen molar-refractivity contribution in [2.75, 3.05) is 6.54 Å². The summed E-state index contributed by atoms with van der Waals surface area (Å²) in [6.45, 7) is 9.57. The molecule has 0 aliphatic rings. The molecule has 2 unspecified atom stereocenters. The van der Waals surface area contributed by atoms with E-state index in [1.807, 2.05) is 0 Å². The fraction of sp³-hybridized carbons (Fsp3) is 0.667. The fourth-order valence-corrected chi connectivity index (χ4v) is 2.50. The van der Waals surface area contributed by atoms with E-state index in [1.54, 1.807) is 0 Å². The number of unbranched alkanes of at least 4 members (excludes halogenated alkanes) is 3. The molecule has 2 heteroatoms. The van der Waals surface area contributed by atoms with Gasteiger partial charge >= 0.3 is 0 Å². The van der Waals surface area contributed by atoms with Crippen LogP contribution in [0.3, 0.4) is 0 Å². The molecule has 0 bridgehead atoms. The molecule has 2 N–H and O–H groups in total. The van der Waals surface area contributed by atoms with Gasteiger partial charge in [0.15, 0.2) is 0 Å². The van der Waals surface area contributed by atoms with Crippen LogP contribution in [-0.4, -0.2) is 17.7 Å². The monoisotopic (exact) mass is 277 g/mol. The smallest absolute Gasteiger partial charge is 0.0942 e. The van der Waals surface area contributed by atoms with E-state index in [2.05, 4.69) is 51.2 Å². The Morgan fingerprint density at radius 2 is 1.80 bits per heavy atom. The number of nitrogens with one attached hydrogen (secondary N) is 1. The van der Waals surface area contributed by atoms with Crippen LogP contribution in [0.1, 0.15) is 68.7 Å². The summed E-state index contributed by atoms with van der Waals surface area (Å²) in [7, 11) is 0. The maximum Gasteiger partial charge on any atom is 0.0942 e. The molecule has 1 rings (SSSR count). The second-order valence-electron chi connectivity index (χ2n) is 5.82. The Morgan fingerprint density at radius 1 is 1.05 bits per heavy atom. The number of hydrogen-bond acceptors (Lipinski definition) is 2. The normalized spacial score (nSPS) is 14.2. The van der Waals surface area contributed by atoms with Crippen molar-refractivity contribution in [1.29, 1.82) is 0 Å². The van der Waals surface area contributed by atoms with Gasteiger partial charge in [-0.05, 0) is 49.9 Å². The third kappa shape index (κ3) is 5.26. The number of aryl methyl sites for hydroxylation is 2. The summed E-state index contributed by atoms with van der Waals surface area (Å²) in [5, 5.41) is 14.0. The zero-order valence-corrected chi connectivity index (χ0v) is 13.6. The van der Waals surface area contributed by atoms with Gasteiger partial charge in [0.05, 0.1) is 6.10 Å². The Balaban J connectivity index is 2.52. The van der Waals surface area contributed by atoms with Crippen LogP contribution in [0.4, 0.5) is 0 Å². The van der Waals surface area contributed by atoms with Crippen LogP contribution in [-0.2, 0) is 0 Å². The first-order chi connectivity index (χ1) is 9.60. The lowest BCUT2D eigenvalue weighted by atomic mass is 9.97. The van der Waals surface area contributed by atoms with E-state index < -0.39 is 6.10 Å². The van der Waals surface area contributed by atoms with Crippen molar-refractivity contribution < 1.29 is 5.11 Å². The van der Waals surface area contributed by atoms with Crippen LogP contribution in [0.25, 0.3) is 0 Å². The predicted molar refractivity (Wildman–Crippen MR) is 87.1 cm³/mol. The highest BCUT2D eigenvalue weighted by Crippen LogP contribution is 2.21. The lowest BCUT2D eigenvalue weighted by Gasteiger charge is -2.24. The van der Waals surface area contributed by atoms with Gasteiger partial charge in [0, 0.05) is 6.04 Å². The highest BCUT2D eigenvalue weighted by atomic mass is 16.3. The molecule has 0 amide bonds. The molecule has 0 aliphatic carbocycles. The third-order valence-electron chi connectivity index (χ3n) is 4.13. The van der Waals surface area contributed by atoms with E-state index in [0.29, 0.717) is 0 Å². The third-order valence-corrected chi connectivity index (χ3v) is 4.13. The minimum atomic E-state index is -0.412. The largest absolute Gasteiger partial charge is 0.387 e. The minimum absolute atomic E-state index is 0.152. The summed E-state index contributed by atoms with van der Waals surface area (Å²) in [6.07, 6.45) is 5.58. The first kappa shape index (κ1) is 17.2. The first-order valence-electron chi connectivity index (χ1n) is 8.08. The van der Waals surface area contributed by atoms with Gasteiger partial charge in [-0.15, -0.1) is 0 Å². The number of rotatable bonds is 9. The van der Waals surface area contributed by atoms with Gasteiger partial charge in [-0.2, -0.15) is 0 Å². The first-order valence-corrected chi connectivity index (χ1v) is 8.08. The molecule has 2 atom stereocenters. The van der Waals surface area contributed by atoms with E-state index in [1.165, 1.54) is 36.8 Å². The summed E-state index contributed by atoms with van der Waals surface area (Å²) in [5.74, 6) is 0. The molecule has 20 heavy (non-hydrogen) atoms. The maximum absolute atomic E-state index is 10.5. The lowest BCUT2D eigenvalue weighted by molar-refractivity contribution is 0.126. The van der Waals surface area contributed by atoms with Gasteiger partial charge < -0.3 is 10.4 Å². The van der Waals surface area contributed by atoms with Gasteiger partial charge in [0.2, 0.25) is 0 Å². The average molecular weight is 277 g/mol. The average Bonchev–Trinajstić information content (AvgIpc) is 2.45. The van der Waals surface area contributed by atoms with Crippen LogP contribution in [0, 0.1) is 13.8 Å². The van der Waals surface area contributed by atoms with Gasteiger partial charge in [0.1, 0.15) is 0 Å². The molecule has 0 heterocycles. The number of hydrogen-bond donors (Lipinski definition) is 2. The molecule has 0 saturated heterocycles.